The first-order valence-corrected chi connectivity index (χ1v) is 6.21. The maximum atomic E-state index is 13.0. The van der Waals surface area contributed by atoms with Crippen molar-refractivity contribution in [2.75, 3.05) is 0 Å². The highest BCUT2D eigenvalue weighted by molar-refractivity contribution is 5.92. The minimum atomic E-state index is -0.316. The van der Waals surface area contributed by atoms with E-state index in [0.29, 0.717) is 11.5 Å². The highest BCUT2D eigenvalue weighted by atomic mass is 19.1. The van der Waals surface area contributed by atoms with Gasteiger partial charge in [-0.15, -0.1) is 0 Å². The van der Waals surface area contributed by atoms with Crippen molar-refractivity contribution in [2.45, 2.75) is 25.3 Å². The Hall–Kier alpha value is -2.17. The van der Waals surface area contributed by atoms with E-state index in [4.69, 9.17) is 4.52 Å². The fraction of sp³-hybridized carbons (Fsp3) is 0.286. The summed E-state index contributed by atoms with van der Waals surface area (Å²) in [5.41, 5.74) is 0.984. The molecule has 0 spiro atoms. The van der Waals surface area contributed by atoms with Crippen molar-refractivity contribution < 1.29 is 13.7 Å². The summed E-state index contributed by atoms with van der Waals surface area (Å²) in [6.45, 7) is 0.266. The summed E-state index contributed by atoms with van der Waals surface area (Å²) in [7, 11) is 0. The van der Waals surface area contributed by atoms with Crippen LogP contribution < -0.4 is 5.32 Å². The number of carbonyl (C=O) groups excluding carboxylic acids is 1. The minimum Gasteiger partial charge on any atom is -0.360 e. The number of hydrogen-bond donors (Lipinski definition) is 1. The van der Waals surface area contributed by atoms with Gasteiger partial charge in [-0.3, -0.25) is 4.79 Å². The van der Waals surface area contributed by atoms with E-state index in [1.807, 2.05) is 0 Å². The van der Waals surface area contributed by atoms with E-state index in [-0.39, 0.29) is 24.0 Å². The molecule has 0 saturated heterocycles. The Labute approximate surface area is 109 Å². The van der Waals surface area contributed by atoms with Crippen LogP contribution in [0.25, 0.3) is 0 Å². The number of nitrogens with zero attached hydrogens (tertiary/aromatic N) is 1. The fourth-order valence-corrected chi connectivity index (χ4v) is 1.88. The van der Waals surface area contributed by atoms with Gasteiger partial charge in [-0.05, 0) is 30.5 Å². The van der Waals surface area contributed by atoms with E-state index in [0.717, 1.165) is 18.6 Å². The highest BCUT2D eigenvalue weighted by Gasteiger charge is 2.28. The van der Waals surface area contributed by atoms with E-state index in [9.17, 15) is 9.18 Å². The quantitative estimate of drug-likeness (QED) is 0.919. The Bertz CT molecular complexity index is 605. The molecule has 98 valence electrons. The number of hydrogen-bond acceptors (Lipinski definition) is 3. The Morgan fingerprint density at radius 3 is 3.00 bits per heavy atom. The van der Waals surface area contributed by atoms with Crippen LogP contribution in [-0.2, 0) is 6.54 Å². The molecule has 3 rings (SSSR count). The van der Waals surface area contributed by atoms with Gasteiger partial charge in [-0.25, -0.2) is 4.39 Å². The average Bonchev–Trinajstić information content (AvgIpc) is 3.14. The number of halogens is 1. The first-order valence-electron chi connectivity index (χ1n) is 6.21. The van der Waals surface area contributed by atoms with Crippen molar-refractivity contribution in [3.63, 3.8) is 0 Å². The van der Waals surface area contributed by atoms with Crippen LogP contribution in [0, 0.1) is 5.82 Å². The molecule has 1 aromatic heterocycles. The first-order chi connectivity index (χ1) is 9.22. The molecule has 1 aliphatic carbocycles. The number of rotatable bonds is 4. The third-order valence-electron chi connectivity index (χ3n) is 3.08. The zero-order valence-corrected chi connectivity index (χ0v) is 10.2. The Morgan fingerprint density at radius 1 is 1.42 bits per heavy atom. The predicted molar refractivity (Wildman–Crippen MR) is 66.0 cm³/mol. The molecule has 1 amide bonds. The molecular formula is C14H13FN2O2. The molecule has 2 aromatic rings. The molecule has 1 aliphatic rings. The molecule has 4 nitrogen and oxygen atoms in total. The van der Waals surface area contributed by atoms with Crippen LogP contribution in [0.4, 0.5) is 4.39 Å². The normalized spacial score (nSPS) is 14.4. The summed E-state index contributed by atoms with van der Waals surface area (Å²) < 4.78 is 18.1. The van der Waals surface area contributed by atoms with Crippen molar-refractivity contribution in [1.29, 1.82) is 0 Å². The van der Waals surface area contributed by atoms with Crippen LogP contribution in [0.15, 0.2) is 34.9 Å². The second kappa shape index (κ2) is 4.84. The number of nitrogens with one attached hydrogen (secondary N) is 1. The number of carbonyl (C=O) groups is 1. The van der Waals surface area contributed by atoms with Gasteiger partial charge in [0.25, 0.3) is 5.91 Å². The molecule has 0 radical (unpaired) electrons. The van der Waals surface area contributed by atoms with Crippen molar-refractivity contribution in [1.82, 2.24) is 10.5 Å². The third-order valence-corrected chi connectivity index (χ3v) is 3.08. The standard InChI is InChI=1S/C14H13FN2O2/c15-11-3-1-2-9(6-11)8-16-14(18)12-7-13(19-17-12)10-4-5-10/h1-3,6-7,10H,4-5,8H2,(H,16,18). The van der Waals surface area contributed by atoms with Gasteiger partial charge in [0.2, 0.25) is 0 Å². The summed E-state index contributed by atoms with van der Waals surface area (Å²) in [6.07, 6.45) is 2.19. The predicted octanol–water partition coefficient (Wildman–Crippen LogP) is 2.62. The average molecular weight is 260 g/mol. The molecule has 19 heavy (non-hydrogen) atoms. The van der Waals surface area contributed by atoms with Crippen LogP contribution >= 0.6 is 0 Å². The lowest BCUT2D eigenvalue weighted by Crippen LogP contribution is -2.23. The maximum Gasteiger partial charge on any atom is 0.273 e. The van der Waals surface area contributed by atoms with Gasteiger partial charge in [0.15, 0.2) is 5.69 Å². The lowest BCUT2D eigenvalue weighted by Gasteiger charge is -2.02. The molecular weight excluding hydrogens is 247 g/mol. The molecule has 1 N–H and O–H groups in total. The topological polar surface area (TPSA) is 55.1 Å². The summed E-state index contributed by atoms with van der Waals surface area (Å²) in [5, 5.41) is 6.43. The van der Waals surface area contributed by atoms with Crippen molar-refractivity contribution in [3.8, 4) is 0 Å². The molecule has 0 unspecified atom stereocenters. The van der Waals surface area contributed by atoms with Gasteiger partial charge in [0.1, 0.15) is 11.6 Å². The number of aromatic nitrogens is 1. The molecule has 0 aliphatic heterocycles. The lowest BCUT2D eigenvalue weighted by molar-refractivity contribution is 0.0941. The molecule has 1 fully saturated rings. The summed E-state index contributed by atoms with van der Waals surface area (Å²) in [6, 6.07) is 7.79. The van der Waals surface area contributed by atoms with Gasteiger partial charge in [0, 0.05) is 18.5 Å². The number of benzene rings is 1. The Balaban J connectivity index is 1.61. The second-order valence-electron chi connectivity index (χ2n) is 4.70. The third kappa shape index (κ3) is 2.81. The number of amides is 1. The Morgan fingerprint density at radius 2 is 2.26 bits per heavy atom. The molecule has 1 aromatic carbocycles. The second-order valence-corrected chi connectivity index (χ2v) is 4.70. The minimum absolute atomic E-state index is 0.266. The summed E-state index contributed by atoms with van der Waals surface area (Å²) in [4.78, 5) is 11.8. The van der Waals surface area contributed by atoms with Crippen LogP contribution in [0.5, 0.6) is 0 Å². The van der Waals surface area contributed by atoms with Crippen LogP contribution in [0.1, 0.15) is 40.6 Å². The van der Waals surface area contributed by atoms with E-state index in [1.165, 1.54) is 12.1 Å². The first kappa shape index (κ1) is 11.9. The molecule has 1 saturated carbocycles. The van der Waals surface area contributed by atoms with Gasteiger partial charge in [-0.1, -0.05) is 17.3 Å². The molecule has 5 heteroatoms. The van der Waals surface area contributed by atoms with Crippen LogP contribution in [0.3, 0.4) is 0 Å². The zero-order chi connectivity index (χ0) is 13.2. The molecule has 0 bridgehead atoms. The summed E-state index contributed by atoms with van der Waals surface area (Å²) in [5.74, 6) is 0.581. The van der Waals surface area contributed by atoms with Crippen molar-refractivity contribution in [3.05, 3.63) is 53.2 Å². The molecule has 0 atom stereocenters. The van der Waals surface area contributed by atoms with Gasteiger partial charge < -0.3 is 9.84 Å². The van der Waals surface area contributed by atoms with E-state index in [1.54, 1.807) is 18.2 Å². The lowest BCUT2D eigenvalue weighted by atomic mass is 10.2. The molecule has 1 heterocycles. The van der Waals surface area contributed by atoms with Crippen LogP contribution in [-0.4, -0.2) is 11.1 Å². The van der Waals surface area contributed by atoms with Crippen molar-refractivity contribution >= 4 is 5.91 Å². The highest BCUT2D eigenvalue weighted by Crippen LogP contribution is 2.40. The van der Waals surface area contributed by atoms with E-state index in [2.05, 4.69) is 10.5 Å². The fourth-order valence-electron chi connectivity index (χ4n) is 1.88. The van der Waals surface area contributed by atoms with E-state index < -0.39 is 0 Å². The van der Waals surface area contributed by atoms with Gasteiger partial charge in [0.05, 0.1) is 0 Å². The SMILES string of the molecule is O=C(NCc1cccc(F)c1)c1cc(C2CC2)on1. The van der Waals surface area contributed by atoms with Crippen molar-refractivity contribution in [2.24, 2.45) is 0 Å². The monoisotopic (exact) mass is 260 g/mol. The largest absolute Gasteiger partial charge is 0.360 e. The van der Waals surface area contributed by atoms with Gasteiger partial charge in [-0.2, -0.15) is 0 Å². The maximum absolute atomic E-state index is 13.0. The van der Waals surface area contributed by atoms with E-state index >= 15 is 0 Å². The zero-order valence-electron chi connectivity index (χ0n) is 10.2. The van der Waals surface area contributed by atoms with Gasteiger partial charge >= 0.3 is 0 Å². The van der Waals surface area contributed by atoms with Crippen LogP contribution in [0.2, 0.25) is 0 Å². The summed E-state index contributed by atoms with van der Waals surface area (Å²) >= 11 is 0. The smallest absolute Gasteiger partial charge is 0.273 e. The Kier molecular flexibility index (Phi) is 3.03.